The maximum atomic E-state index is 13.8. The first-order valence-corrected chi connectivity index (χ1v) is 11.8. The molecule has 0 aliphatic carbocycles. The SMILES string of the molecule is Cc1[nH]n(-c2ccccc2)c(=O)c1C(c1ccc(Cl)c([N+](=O)[O-])c1)c1c(C)[nH]n(-c2ccccc2)c1=O. The molecule has 0 atom stereocenters. The van der Waals surface area contributed by atoms with Crippen LogP contribution in [0.3, 0.4) is 0 Å². The van der Waals surface area contributed by atoms with Crippen molar-refractivity contribution in [3.05, 3.63) is 143 Å². The number of H-pyrrole nitrogens is 2. The van der Waals surface area contributed by atoms with Crippen LogP contribution < -0.4 is 11.1 Å². The van der Waals surface area contributed by atoms with Gasteiger partial charge < -0.3 is 0 Å². The van der Waals surface area contributed by atoms with E-state index in [1.165, 1.54) is 21.5 Å². The van der Waals surface area contributed by atoms with Gasteiger partial charge in [0.25, 0.3) is 16.8 Å². The van der Waals surface area contributed by atoms with Gasteiger partial charge in [-0.25, -0.2) is 9.36 Å². The zero-order valence-corrected chi connectivity index (χ0v) is 20.7. The Hall–Kier alpha value is -4.63. The second kappa shape index (κ2) is 9.44. The molecule has 0 amide bonds. The van der Waals surface area contributed by atoms with E-state index in [-0.39, 0.29) is 21.8 Å². The molecular formula is C27H22ClN5O4. The molecule has 0 radical (unpaired) electrons. The normalized spacial score (nSPS) is 11.2. The zero-order valence-electron chi connectivity index (χ0n) is 19.9. The van der Waals surface area contributed by atoms with Gasteiger partial charge in [0.05, 0.1) is 27.4 Å². The van der Waals surface area contributed by atoms with Gasteiger partial charge in [-0.15, -0.1) is 0 Å². The Bertz CT molecular complexity index is 1630. The highest BCUT2D eigenvalue weighted by Crippen LogP contribution is 2.36. The van der Waals surface area contributed by atoms with Crippen molar-refractivity contribution in [2.75, 3.05) is 0 Å². The predicted octanol–water partition coefficient (Wildman–Crippen LogP) is 5.00. The van der Waals surface area contributed by atoms with E-state index in [4.69, 9.17) is 11.6 Å². The number of hydrogen-bond acceptors (Lipinski definition) is 4. The highest BCUT2D eigenvalue weighted by Gasteiger charge is 2.32. The largest absolute Gasteiger partial charge is 0.295 e. The zero-order chi connectivity index (χ0) is 26.3. The van der Waals surface area contributed by atoms with Crippen molar-refractivity contribution < 1.29 is 4.92 Å². The van der Waals surface area contributed by atoms with Crippen LogP contribution in [0.15, 0.2) is 88.5 Å². The summed E-state index contributed by atoms with van der Waals surface area (Å²) in [6.45, 7) is 3.48. The summed E-state index contributed by atoms with van der Waals surface area (Å²) in [5, 5.41) is 17.9. The maximum Gasteiger partial charge on any atom is 0.288 e. The van der Waals surface area contributed by atoms with E-state index in [1.54, 1.807) is 44.2 Å². The van der Waals surface area contributed by atoms with E-state index in [9.17, 15) is 19.7 Å². The summed E-state index contributed by atoms with van der Waals surface area (Å²) < 4.78 is 2.80. The van der Waals surface area contributed by atoms with Gasteiger partial charge in [-0.05, 0) is 49.7 Å². The average Bonchev–Trinajstić information content (AvgIpc) is 3.36. The number of hydrogen-bond donors (Lipinski definition) is 2. The number of benzene rings is 3. The molecular weight excluding hydrogens is 494 g/mol. The third-order valence-electron chi connectivity index (χ3n) is 6.34. The summed E-state index contributed by atoms with van der Waals surface area (Å²) in [5.41, 5.74) is 2.28. The van der Waals surface area contributed by atoms with Crippen molar-refractivity contribution in [2.24, 2.45) is 0 Å². The van der Waals surface area contributed by atoms with E-state index < -0.39 is 10.8 Å². The quantitative estimate of drug-likeness (QED) is 0.244. The summed E-state index contributed by atoms with van der Waals surface area (Å²) in [4.78, 5) is 38.7. The number of halogens is 1. The molecule has 0 aliphatic rings. The lowest BCUT2D eigenvalue weighted by molar-refractivity contribution is -0.384. The van der Waals surface area contributed by atoms with Crippen LogP contribution in [0.25, 0.3) is 11.4 Å². The Balaban J connectivity index is 1.81. The minimum absolute atomic E-state index is 0.0347. The molecule has 3 aromatic carbocycles. The van der Waals surface area contributed by atoms with Crippen LogP contribution in [0.2, 0.25) is 5.02 Å². The van der Waals surface area contributed by atoms with E-state index in [2.05, 4.69) is 10.2 Å². The summed E-state index contributed by atoms with van der Waals surface area (Å²) in [6, 6.07) is 22.4. The monoisotopic (exact) mass is 515 g/mol. The topological polar surface area (TPSA) is 119 Å². The molecule has 37 heavy (non-hydrogen) atoms. The van der Waals surface area contributed by atoms with Gasteiger partial charge >= 0.3 is 0 Å². The van der Waals surface area contributed by atoms with Crippen LogP contribution in [0.4, 0.5) is 5.69 Å². The van der Waals surface area contributed by atoms with E-state index in [1.807, 2.05) is 36.4 Å². The number of nitro benzene ring substituents is 1. The standard InChI is InChI=1S/C27H22ClN5O4/c1-16-23(26(34)31(29-16)19-9-5-3-6-10-19)25(18-13-14-21(28)22(15-18)33(36)37)24-17(2)30-32(27(24)35)20-11-7-4-8-12-20/h3-15,25,29-30H,1-2H3. The van der Waals surface area contributed by atoms with Crippen molar-refractivity contribution >= 4 is 17.3 Å². The molecule has 0 spiro atoms. The summed E-state index contributed by atoms with van der Waals surface area (Å²) in [5.74, 6) is -0.904. The molecule has 5 rings (SSSR count). The molecule has 2 aromatic heterocycles. The second-order valence-electron chi connectivity index (χ2n) is 8.65. The fraction of sp³-hybridized carbons (Fsp3) is 0.111. The highest BCUT2D eigenvalue weighted by atomic mass is 35.5. The molecule has 0 bridgehead atoms. The van der Waals surface area contributed by atoms with Crippen molar-refractivity contribution in [2.45, 2.75) is 19.8 Å². The van der Waals surface area contributed by atoms with Crippen LogP contribution >= 0.6 is 11.6 Å². The number of aryl methyl sites for hydroxylation is 2. The smallest absolute Gasteiger partial charge is 0.288 e. The molecule has 9 nitrogen and oxygen atoms in total. The van der Waals surface area contributed by atoms with Gasteiger partial charge in [-0.2, -0.15) is 0 Å². The number of rotatable bonds is 6. The highest BCUT2D eigenvalue weighted by molar-refractivity contribution is 6.32. The fourth-order valence-electron chi connectivity index (χ4n) is 4.64. The maximum absolute atomic E-state index is 13.8. The molecule has 0 aliphatic heterocycles. The minimum Gasteiger partial charge on any atom is -0.295 e. The molecule has 5 aromatic rings. The molecule has 2 N–H and O–H groups in total. The van der Waals surface area contributed by atoms with Gasteiger partial charge in [-0.1, -0.05) is 54.1 Å². The number of nitro groups is 1. The second-order valence-corrected chi connectivity index (χ2v) is 9.06. The summed E-state index contributed by atoms with van der Waals surface area (Å²) in [7, 11) is 0. The molecule has 186 valence electrons. The van der Waals surface area contributed by atoms with Crippen LogP contribution in [0.1, 0.15) is 34.0 Å². The molecule has 0 saturated heterocycles. The Kier molecular flexibility index (Phi) is 6.14. The number of para-hydroxylation sites is 2. The third kappa shape index (κ3) is 4.19. The van der Waals surface area contributed by atoms with Crippen molar-refractivity contribution in [3.8, 4) is 11.4 Å². The van der Waals surface area contributed by atoms with Crippen molar-refractivity contribution in [3.63, 3.8) is 0 Å². The lowest BCUT2D eigenvalue weighted by Gasteiger charge is -2.16. The summed E-state index contributed by atoms with van der Waals surface area (Å²) in [6.07, 6.45) is 0. The molecule has 10 heteroatoms. The van der Waals surface area contributed by atoms with Gasteiger partial charge in [0.1, 0.15) is 5.02 Å². The molecule has 0 saturated carbocycles. The Morgan fingerprint density at radius 2 is 1.24 bits per heavy atom. The molecule has 2 heterocycles. The van der Waals surface area contributed by atoms with Crippen LogP contribution in [0.5, 0.6) is 0 Å². The molecule has 0 fully saturated rings. The number of aromatic nitrogens is 4. The number of nitrogens with one attached hydrogen (secondary N) is 2. The van der Waals surface area contributed by atoms with Crippen molar-refractivity contribution in [1.29, 1.82) is 0 Å². The lowest BCUT2D eigenvalue weighted by Crippen LogP contribution is -2.25. The van der Waals surface area contributed by atoms with Gasteiger partial charge in [-0.3, -0.25) is 29.9 Å². The first-order valence-electron chi connectivity index (χ1n) is 11.5. The van der Waals surface area contributed by atoms with E-state index in [0.717, 1.165) is 0 Å². The Labute approximate surface area is 215 Å². The van der Waals surface area contributed by atoms with Gasteiger partial charge in [0.2, 0.25) is 0 Å². The number of nitrogens with zero attached hydrogens (tertiary/aromatic N) is 3. The van der Waals surface area contributed by atoms with Gasteiger partial charge in [0, 0.05) is 23.4 Å². The van der Waals surface area contributed by atoms with Crippen LogP contribution in [-0.2, 0) is 0 Å². The van der Waals surface area contributed by atoms with E-state index >= 15 is 0 Å². The lowest BCUT2D eigenvalue weighted by atomic mass is 9.85. The Morgan fingerprint density at radius 3 is 1.68 bits per heavy atom. The van der Waals surface area contributed by atoms with Crippen LogP contribution in [0, 0.1) is 24.0 Å². The third-order valence-corrected chi connectivity index (χ3v) is 6.66. The van der Waals surface area contributed by atoms with Gasteiger partial charge in [0.15, 0.2) is 0 Å². The predicted molar refractivity (Wildman–Crippen MR) is 141 cm³/mol. The molecule has 0 unspecified atom stereocenters. The first-order chi connectivity index (χ1) is 17.8. The summed E-state index contributed by atoms with van der Waals surface area (Å²) >= 11 is 6.10. The first kappa shape index (κ1) is 24.1. The van der Waals surface area contributed by atoms with E-state index in [0.29, 0.717) is 39.5 Å². The average molecular weight is 516 g/mol. The van der Waals surface area contributed by atoms with Crippen molar-refractivity contribution in [1.82, 2.24) is 19.6 Å². The Morgan fingerprint density at radius 1 is 0.784 bits per heavy atom. The minimum atomic E-state index is -0.904. The van der Waals surface area contributed by atoms with Crippen LogP contribution in [-0.4, -0.2) is 24.5 Å². The fourth-order valence-corrected chi connectivity index (χ4v) is 4.83. The number of aromatic amines is 2.